The zero-order valence-corrected chi connectivity index (χ0v) is 35.3. The van der Waals surface area contributed by atoms with Crippen LogP contribution in [0.1, 0.15) is 24.6 Å². The van der Waals surface area contributed by atoms with Crippen LogP contribution in [0.3, 0.4) is 0 Å². The number of imide groups is 1. The van der Waals surface area contributed by atoms with Crippen molar-refractivity contribution in [3.8, 4) is 0 Å². The Labute approximate surface area is 361 Å². The lowest BCUT2D eigenvalue weighted by molar-refractivity contribution is -0.137. The van der Waals surface area contributed by atoms with Crippen LogP contribution >= 0.6 is 25.8 Å². The van der Waals surface area contributed by atoms with Crippen molar-refractivity contribution in [2.75, 3.05) is 30.9 Å². The molecule has 0 aliphatic carbocycles. The molecule has 26 nitrogen and oxygen atoms in total. The van der Waals surface area contributed by atoms with E-state index in [-0.39, 0.29) is 53.7 Å². The molecule has 0 spiro atoms. The van der Waals surface area contributed by atoms with Crippen LogP contribution in [-0.2, 0) is 71.4 Å². The van der Waals surface area contributed by atoms with E-state index in [1.165, 1.54) is 27.7 Å². The Morgan fingerprint density at radius 1 is 0.937 bits per heavy atom. The monoisotopic (exact) mass is 956 g/mol. The summed E-state index contributed by atoms with van der Waals surface area (Å²) in [4.78, 5) is 73.0. The van der Waals surface area contributed by atoms with Gasteiger partial charge in [-0.05, 0) is 11.8 Å². The molecule has 9 rings (SSSR count). The number of imidazole rings is 2. The van der Waals surface area contributed by atoms with Crippen molar-refractivity contribution >= 4 is 89.4 Å². The molecule has 4 aliphatic heterocycles. The molecule has 334 valence electrons. The largest absolute Gasteiger partial charge is 0.449 e. The van der Waals surface area contributed by atoms with E-state index in [1.54, 1.807) is 6.20 Å². The van der Waals surface area contributed by atoms with Gasteiger partial charge in [0.1, 0.15) is 48.3 Å². The first-order chi connectivity index (χ1) is 30.1. The third-order valence-corrected chi connectivity index (χ3v) is 13.1. The summed E-state index contributed by atoms with van der Waals surface area (Å²) in [5.41, 5.74) is 6.53. The minimum atomic E-state index is -4.49. The summed E-state index contributed by atoms with van der Waals surface area (Å²) in [5.74, 6) is -0.970. The molecule has 63 heavy (non-hydrogen) atoms. The molecule has 3 unspecified atom stereocenters. The van der Waals surface area contributed by atoms with Crippen molar-refractivity contribution in [3.63, 3.8) is 0 Å². The quantitative estimate of drug-likeness (QED) is 0.0703. The van der Waals surface area contributed by atoms with E-state index in [4.69, 9.17) is 49.8 Å². The minimum Gasteiger partial charge on any atom is -0.449 e. The van der Waals surface area contributed by atoms with E-state index in [9.17, 15) is 23.8 Å². The van der Waals surface area contributed by atoms with E-state index in [0.717, 1.165) is 28.4 Å². The number of ether oxygens (including phenoxy) is 3. The number of alkyl halides is 2. The van der Waals surface area contributed by atoms with E-state index in [0.29, 0.717) is 12.1 Å². The molecule has 10 atom stereocenters. The van der Waals surface area contributed by atoms with Gasteiger partial charge in [-0.3, -0.25) is 47.2 Å². The van der Waals surface area contributed by atoms with Gasteiger partial charge in [-0.1, -0.05) is 17.5 Å². The first-order valence-corrected chi connectivity index (χ1v) is 23.8. The Kier molecular flexibility index (Phi) is 11.8. The van der Waals surface area contributed by atoms with E-state index < -0.39 is 93.9 Å². The number of nitrogen functional groups attached to an aromatic ring is 1. The SMILES string of the molecule is Nc1ncnc2c1ncn2[C@@H]1OC2COP(O)(=S)O[C@H]3[C@@H](F)[C@H](n4cnc5c(NC(=O)OCCCn6cc(CN7C(=O)C=CC7=O)nn6)ncnc54)O[C@@H]3COP(=O)(S)O[C@H]2[C@H]1F. The summed E-state index contributed by atoms with van der Waals surface area (Å²) in [6.45, 7) is -10.1. The molecule has 32 heteroatoms. The molecule has 3 amide bonds. The van der Waals surface area contributed by atoms with Gasteiger partial charge in [-0.2, -0.15) is 0 Å². The Morgan fingerprint density at radius 3 is 2.25 bits per heavy atom. The third kappa shape index (κ3) is 8.80. The fourth-order valence-corrected chi connectivity index (χ4v) is 9.96. The molecule has 9 heterocycles. The predicted molar refractivity (Wildman–Crippen MR) is 212 cm³/mol. The molecule has 0 radical (unpaired) electrons. The molecule has 3 fully saturated rings. The summed E-state index contributed by atoms with van der Waals surface area (Å²) < 4.78 is 89.4. The zero-order valence-electron chi connectivity index (χ0n) is 31.8. The molecular weight excluding hydrogens is 925 g/mol. The summed E-state index contributed by atoms with van der Waals surface area (Å²) in [6.07, 6.45) is -5.65. The normalized spacial score (nSPS) is 31.3. The highest BCUT2D eigenvalue weighted by Crippen LogP contribution is 2.58. The van der Waals surface area contributed by atoms with Gasteiger partial charge in [0.25, 0.3) is 11.8 Å². The first kappa shape index (κ1) is 43.3. The highest BCUT2D eigenvalue weighted by Gasteiger charge is 2.54. The number of rotatable bonds is 9. The number of anilines is 2. The van der Waals surface area contributed by atoms with Crippen molar-refractivity contribution < 1.29 is 64.9 Å². The second-order valence-electron chi connectivity index (χ2n) is 14.0. The van der Waals surface area contributed by atoms with Crippen molar-refractivity contribution in [1.29, 1.82) is 0 Å². The van der Waals surface area contributed by atoms with Gasteiger partial charge in [0.05, 0.1) is 45.2 Å². The maximum absolute atomic E-state index is 16.5. The van der Waals surface area contributed by atoms with Crippen molar-refractivity contribution in [3.05, 3.63) is 49.4 Å². The number of thiol groups is 1. The highest BCUT2D eigenvalue weighted by atomic mass is 32.7. The van der Waals surface area contributed by atoms with E-state index in [2.05, 4.69) is 57.8 Å². The van der Waals surface area contributed by atoms with Crippen molar-refractivity contribution in [2.45, 2.75) is 68.7 Å². The lowest BCUT2D eigenvalue weighted by Gasteiger charge is -2.29. The van der Waals surface area contributed by atoms with Gasteiger partial charge < -0.3 is 29.4 Å². The van der Waals surface area contributed by atoms with Crippen LogP contribution < -0.4 is 11.1 Å². The maximum Gasteiger partial charge on any atom is 0.412 e. The number of aryl methyl sites for hydroxylation is 1. The third-order valence-electron chi connectivity index (χ3n) is 9.93. The van der Waals surface area contributed by atoms with Gasteiger partial charge in [0.2, 0.25) is 0 Å². The maximum atomic E-state index is 16.5. The van der Waals surface area contributed by atoms with Gasteiger partial charge in [0.15, 0.2) is 53.2 Å². The number of nitrogens with zero attached hydrogens (tertiary/aromatic N) is 12. The molecule has 0 bridgehead atoms. The summed E-state index contributed by atoms with van der Waals surface area (Å²) >= 11 is 9.26. The van der Waals surface area contributed by atoms with Crippen LogP contribution in [0.4, 0.5) is 25.2 Å². The minimum absolute atomic E-state index is 0.00251. The molecular formula is C31H32F2N14O12P2S2. The van der Waals surface area contributed by atoms with Crippen molar-refractivity contribution in [1.82, 2.24) is 58.9 Å². The van der Waals surface area contributed by atoms with Gasteiger partial charge >= 0.3 is 19.6 Å². The average molecular weight is 957 g/mol. The molecule has 0 saturated carbocycles. The zero-order chi connectivity index (χ0) is 44.2. The first-order valence-electron chi connectivity index (χ1n) is 18.5. The molecule has 5 aromatic rings. The number of carbonyl (C=O) groups is 3. The molecule has 3 saturated heterocycles. The molecule has 4 N–H and O–H groups in total. The van der Waals surface area contributed by atoms with Crippen LogP contribution in [0.25, 0.3) is 22.3 Å². The van der Waals surface area contributed by atoms with Crippen LogP contribution in [0, 0.1) is 0 Å². The predicted octanol–water partition coefficient (Wildman–Crippen LogP) is 1.45. The fourth-order valence-electron chi connectivity index (χ4n) is 7.04. The number of amides is 3. The van der Waals surface area contributed by atoms with Crippen LogP contribution in [0.15, 0.2) is 43.7 Å². The van der Waals surface area contributed by atoms with Crippen LogP contribution in [-0.4, -0.2) is 138 Å². The average Bonchev–Trinajstić information content (AvgIpc) is 4.11. The smallest absolute Gasteiger partial charge is 0.412 e. The van der Waals surface area contributed by atoms with E-state index >= 15 is 8.78 Å². The van der Waals surface area contributed by atoms with Gasteiger partial charge in [-0.25, -0.2) is 48.0 Å². The highest BCUT2D eigenvalue weighted by molar-refractivity contribution is 8.44. The van der Waals surface area contributed by atoms with Gasteiger partial charge in [0, 0.05) is 25.1 Å². The Hall–Kier alpha value is -5.00. The lowest BCUT2D eigenvalue weighted by atomic mass is 10.1. The Bertz CT molecular complexity index is 2710. The van der Waals surface area contributed by atoms with Gasteiger partial charge in [-0.15, -0.1) is 5.10 Å². The number of nitrogens with two attached hydrogens (primary N) is 1. The Balaban J connectivity index is 0.840. The number of halogens is 2. The second kappa shape index (κ2) is 17.2. The second-order valence-corrected chi connectivity index (χ2v) is 19.7. The number of aromatic nitrogens is 11. The molecule has 5 aromatic heterocycles. The molecule has 4 aliphatic rings. The van der Waals surface area contributed by atoms with E-state index in [1.807, 2.05) is 0 Å². The number of carbonyl (C=O) groups excluding carboxylic acids is 3. The standard InChI is InChI=1S/C31H32F2N14O12P2S2/c32-19-23-15(56-29(19)46-12-39-21-25(34)35-10-37-27(21)46)8-54-61(52,63)59-24-16(9-55-60(51,62)58-23)57-30(20(24)33)47-13-40-22-26(36-11-38-28(22)47)41-31(50)53-5-1-4-44-6-14(42-43-44)7-45-17(48)2-3-18(45)49/h2-3,6,10-13,15-16,19-20,23-24,29-30H,1,4-5,7-9H2,(H,51,62)(H,52,63)(H2,34,35,37)(H,36,38,41,50)/t15?,16-,19-,20-,23-,24-,29-,30-,60?,61?/m1/s1. The summed E-state index contributed by atoms with van der Waals surface area (Å²) in [5, 5.41) is 10.4. The fraction of sp³-hybridized carbons (Fsp3) is 0.452. The number of hydrogen-bond acceptors (Lipinski definition) is 21. The number of hydrogen-bond donors (Lipinski definition) is 4. The topological polar surface area (TPSA) is 312 Å². The van der Waals surface area contributed by atoms with Crippen molar-refractivity contribution in [2.24, 2.45) is 0 Å². The number of nitrogens with one attached hydrogen (secondary N) is 1. The molecule has 0 aromatic carbocycles. The summed E-state index contributed by atoms with van der Waals surface area (Å²) in [6, 6.07) is 0. The Morgan fingerprint density at radius 2 is 1.56 bits per heavy atom. The van der Waals surface area contributed by atoms with Crippen LogP contribution in [0.2, 0.25) is 0 Å². The lowest BCUT2D eigenvalue weighted by Crippen LogP contribution is -2.37. The van der Waals surface area contributed by atoms with Crippen LogP contribution in [0.5, 0.6) is 0 Å². The number of fused-ring (bicyclic) bond motifs is 4. The summed E-state index contributed by atoms with van der Waals surface area (Å²) in [7, 11) is 0.